The Kier molecular flexibility index (Phi) is 11.1. The fourth-order valence-electron chi connectivity index (χ4n) is 8.91. The third-order valence-corrected chi connectivity index (χ3v) is 12.2. The Labute approximate surface area is 270 Å². The standard InChI is InChI=1S/C36H60N4O5/c1-7-8-10-16-36(17-11-9-12-18-36)40-33(45)39-30(34(2,3)4)28(41)24-20-23-21-25(35(23,5)6)27(24)32(44)38-26(29(42)31(37)43)19-22-14-13-15-22/h22-27,30H,7-21H2,1-6H3,(H2,37,43)(H,38,44)(H2,39,40,45)/t23-,24?,25-,26?,27?,30-/m1/s1. The van der Waals surface area contributed by atoms with Gasteiger partial charge in [0, 0.05) is 11.5 Å². The van der Waals surface area contributed by atoms with Gasteiger partial charge in [0.15, 0.2) is 5.78 Å². The molecule has 9 heteroatoms. The molecular weight excluding hydrogens is 568 g/mol. The Balaban J connectivity index is 1.54. The maximum Gasteiger partial charge on any atom is 0.315 e. The van der Waals surface area contributed by atoms with Crippen LogP contribution >= 0.6 is 0 Å². The summed E-state index contributed by atoms with van der Waals surface area (Å²) in [4.78, 5) is 67.0. The maximum absolute atomic E-state index is 14.6. The second kappa shape index (κ2) is 14.1. The molecule has 0 aliphatic heterocycles. The Morgan fingerprint density at radius 1 is 0.911 bits per heavy atom. The van der Waals surface area contributed by atoms with Crippen LogP contribution in [0.25, 0.3) is 0 Å². The lowest BCUT2D eigenvalue weighted by Gasteiger charge is -2.62. The molecule has 0 aromatic rings. The van der Waals surface area contributed by atoms with E-state index < -0.39 is 41.0 Å². The average molecular weight is 629 g/mol. The van der Waals surface area contributed by atoms with Gasteiger partial charge in [-0.15, -0.1) is 0 Å². The number of hydrogen-bond donors (Lipinski definition) is 4. The molecule has 9 nitrogen and oxygen atoms in total. The van der Waals surface area contributed by atoms with Gasteiger partial charge >= 0.3 is 6.03 Å². The Bertz CT molecular complexity index is 1120. The molecule has 0 spiro atoms. The lowest BCUT2D eigenvalue weighted by molar-refractivity contribution is -0.170. The van der Waals surface area contributed by atoms with Crippen LogP contribution in [-0.4, -0.2) is 47.0 Å². The lowest BCUT2D eigenvalue weighted by atomic mass is 9.42. The van der Waals surface area contributed by atoms with Crippen LogP contribution in [0.4, 0.5) is 4.79 Å². The fourth-order valence-corrected chi connectivity index (χ4v) is 8.91. The second-order valence-corrected chi connectivity index (χ2v) is 16.6. The van der Waals surface area contributed by atoms with E-state index in [4.69, 9.17) is 5.73 Å². The van der Waals surface area contributed by atoms with Gasteiger partial charge in [-0.1, -0.05) is 99.3 Å². The van der Waals surface area contributed by atoms with Crippen molar-refractivity contribution in [1.82, 2.24) is 16.0 Å². The summed E-state index contributed by atoms with van der Waals surface area (Å²) in [5.41, 5.74) is 4.44. The number of urea groups is 1. The van der Waals surface area contributed by atoms with Crippen molar-refractivity contribution in [3.63, 3.8) is 0 Å². The van der Waals surface area contributed by atoms with E-state index in [1.54, 1.807) is 0 Å². The van der Waals surface area contributed by atoms with E-state index in [0.29, 0.717) is 18.8 Å². The normalized spacial score (nSPS) is 28.4. The number of hydrogen-bond acceptors (Lipinski definition) is 5. The summed E-state index contributed by atoms with van der Waals surface area (Å²) < 4.78 is 0. The number of unbranched alkanes of at least 4 members (excludes halogenated alkanes) is 2. The van der Waals surface area contributed by atoms with Crippen LogP contribution in [0, 0.1) is 40.4 Å². The molecule has 5 rings (SSSR count). The van der Waals surface area contributed by atoms with Gasteiger partial charge in [0.05, 0.1) is 18.0 Å². The number of ketones is 2. The van der Waals surface area contributed by atoms with Gasteiger partial charge in [-0.3, -0.25) is 19.2 Å². The van der Waals surface area contributed by atoms with Crippen LogP contribution in [-0.2, 0) is 19.2 Å². The fraction of sp³-hybridized carbons (Fsp3) is 0.861. The molecule has 3 unspecified atom stereocenters. The summed E-state index contributed by atoms with van der Waals surface area (Å²) in [6.07, 6.45) is 14.3. The monoisotopic (exact) mass is 628 g/mol. The quantitative estimate of drug-likeness (QED) is 0.146. The van der Waals surface area contributed by atoms with Crippen LogP contribution in [0.5, 0.6) is 0 Å². The summed E-state index contributed by atoms with van der Waals surface area (Å²) in [7, 11) is 0. The number of nitrogens with one attached hydrogen (secondary N) is 3. The van der Waals surface area contributed by atoms with Crippen molar-refractivity contribution in [3.05, 3.63) is 0 Å². The van der Waals surface area contributed by atoms with Gasteiger partial charge in [0.1, 0.15) is 0 Å². The van der Waals surface area contributed by atoms with Crippen LogP contribution in [0.3, 0.4) is 0 Å². The second-order valence-electron chi connectivity index (χ2n) is 16.6. The van der Waals surface area contributed by atoms with Crippen molar-refractivity contribution in [2.45, 2.75) is 155 Å². The highest BCUT2D eigenvalue weighted by atomic mass is 16.2. The predicted molar refractivity (Wildman–Crippen MR) is 175 cm³/mol. The van der Waals surface area contributed by atoms with Gasteiger partial charge in [-0.05, 0) is 67.1 Å². The molecule has 0 aromatic carbocycles. The molecule has 5 aliphatic carbocycles. The molecule has 2 bridgehead atoms. The van der Waals surface area contributed by atoms with Crippen molar-refractivity contribution in [2.75, 3.05) is 0 Å². The van der Waals surface area contributed by atoms with Gasteiger partial charge < -0.3 is 21.7 Å². The summed E-state index contributed by atoms with van der Waals surface area (Å²) in [5.74, 6) is -2.98. The van der Waals surface area contributed by atoms with Gasteiger partial charge in [-0.25, -0.2) is 4.79 Å². The van der Waals surface area contributed by atoms with E-state index in [9.17, 15) is 24.0 Å². The first-order valence-corrected chi connectivity index (χ1v) is 17.9. The third kappa shape index (κ3) is 7.93. The van der Waals surface area contributed by atoms with E-state index >= 15 is 0 Å². The molecule has 0 aromatic heterocycles. The van der Waals surface area contributed by atoms with Crippen molar-refractivity contribution in [1.29, 1.82) is 0 Å². The molecule has 254 valence electrons. The van der Waals surface area contributed by atoms with Crippen molar-refractivity contribution in [3.8, 4) is 0 Å². The smallest absolute Gasteiger partial charge is 0.315 e. The molecule has 6 atom stereocenters. The van der Waals surface area contributed by atoms with E-state index in [1.807, 2.05) is 20.8 Å². The van der Waals surface area contributed by atoms with Crippen LogP contribution in [0.15, 0.2) is 0 Å². The van der Waals surface area contributed by atoms with Crippen LogP contribution in [0.1, 0.15) is 138 Å². The zero-order valence-corrected chi connectivity index (χ0v) is 28.8. The number of rotatable bonds is 14. The average Bonchev–Trinajstić information content (AvgIpc) is 2.95. The maximum atomic E-state index is 14.6. The molecule has 5 N–H and O–H groups in total. The summed E-state index contributed by atoms with van der Waals surface area (Å²) in [6, 6.07) is -2.07. The SMILES string of the molecule is CCCCCC1(NC(=O)N[C@H](C(=O)C2C[C@@H]3C[C@H](C2C(=O)NC(CC2CCC2)C(=O)C(N)=O)C3(C)C)C(C)(C)C)CCCCC1. The zero-order chi connectivity index (χ0) is 33.2. The minimum Gasteiger partial charge on any atom is -0.363 e. The topological polar surface area (TPSA) is 147 Å². The molecule has 0 radical (unpaired) electrons. The number of amides is 4. The zero-order valence-electron chi connectivity index (χ0n) is 28.8. The molecular formula is C36H60N4O5. The van der Waals surface area contributed by atoms with Crippen molar-refractivity contribution in [2.24, 2.45) is 46.2 Å². The van der Waals surface area contributed by atoms with Crippen LogP contribution < -0.4 is 21.7 Å². The van der Waals surface area contributed by atoms with Gasteiger partial charge in [-0.2, -0.15) is 0 Å². The Morgan fingerprint density at radius 3 is 2.11 bits per heavy atom. The highest BCUT2D eigenvalue weighted by molar-refractivity contribution is 6.37. The summed E-state index contributed by atoms with van der Waals surface area (Å²) in [5, 5.41) is 9.33. The highest BCUT2D eigenvalue weighted by Crippen LogP contribution is 2.63. The number of fused-ring (bicyclic) bond motifs is 2. The number of primary amides is 1. The Hall–Kier alpha value is -2.45. The number of nitrogens with two attached hydrogens (primary N) is 1. The van der Waals surface area contributed by atoms with E-state index in [1.165, 1.54) is 6.42 Å². The van der Waals surface area contributed by atoms with Gasteiger partial charge in [0.2, 0.25) is 11.7 Å². The van der Waals surface area contributed by atoms with Crippen LogP contribution in [0.2, 0.25) is 0 Å². The molecule has 4 amide bonds. The highest BCUT2D eigenvalue weighted by Gasteiger charge is 2.62. The Morgan fingerprint density at radius 2 is 1.58 bits per heavy atom. The molecule has 5 aliphatic rings. The molecule has 0 saturated heterocycles. The molecule has 5 saturated carbocycles. The summed E-state index contributed by atoms with van der Waals surface area (Å²) in [6.45, 7) is 12.4. The van der Waals surface area contributed by atoms with E-state index in [0.717, 1.165) is 77.0 Å². The minimum absolute atomic E-state index is 0.0308. The van der Waals surface area contributed by atoms with Crippen molar-refractivity contribution < 1.29 is 24.0 Å². The molecule has 0 heterocycles. The summed E-state index contributed by atoms with van der Waals surface area (Å²) >= 11 is 0. The number of carbonyl (C=O) groups is 5. The van der Waals surface area contributed by atoms with E-state index in [2.05, 4.69) is 36.7 Å². The first-order chi connectivity index (χ1) is 21.1. The molecule has 5 fully saturated rings. The lowest BCUT2D eigenvalue weighted by Crippen LogP contribution is -2.65. The third-order valence-electron chi connectivity index (χ3n) is 12.2. The number of Topliss-reactive ketones (excluding diaryl/α,β-unsaturated/α-hetero) is 2. The first-order valence-electron chi connectivity index (χ1n) is 17.9. The predicted octanol–water partition coefficient (Wildman–Crippen LogP) is 5.58. The first kappa shape index (κ1) is 35.4. The largest absolute Gasteiger partial charge is 0.363 e. The van der Waals surface area contributed by atoms with Crippen molar-refractivity contribution >= 4 is 29.4 Å². The number of carbonyl (C=O) groups excluding carboxylic acids is 5. The van der Waals surface area contributed by atoms with E-state index in [-0.39, 0.29) is 40.5 Å². The minimum atomic E-state index is -1.05. The van der Waals surface area contributed by atoms with Gasteiger partial charge in [0.25, 0.3) is 5.91 Å². The molecule has 45 heavy (non-hydrogen) atoms.